The number of hydrazine groups is 1. The van der Waals surface area contributed by atoms with E-state index in [2.05, 4.69) is 0 Å². The Morgan fingerprint density at radius 3 is 2.90 bits per heavy atom. The molecule has 1 fully saturated rings. The third kappa shape index (κ3) is 1.46. The number of amides is 1. The Labute approximate surface area is 59.9 Å². The van der Waals surface area contributed by atoms with Gasteiger partial charge in [0, 0.05) is 13.7 Å². The highest BCUT2D eigenvalue weighted by molar-refractivity contribution is 5.80. The summed E-state index contributed by atoms with van der Waals surface area (Å²) < 4.78 is 5.10. The molecule has 4 nitrogen and oxygen atoms in total. The average molecular weight is 144 g/mol. The maximum absolute atomic E-state index is 11.0. The van der Waals surface area contributed by atoms with E-state index < -0.39 is 0 Å². The minimum absolute atomic E-state index is 0.127. The zero-order chi connectivity index (χ0) is 7.56. The van der Waals surface area contributed by atoms with Crippen LogP contribution in [0.1, 0.15) is 12.8 Å². The number of carbonyl (C=O) groups excluding carboxylic acids is 1. The molecule has 0 bridgehead atoms. The van der Waals surface area contributed by atoms with E-state index in [0.717, 1.165) is 17.9 Å². The van der Waals surface area contributed by atoms with Crippen molar-refractivity contribution in [2.24, 2.45) is 5.84 Å². The Kier molecular flexibility index (Phi) is 2.24. The maximum atomic E-state index is 11.0. The number of hydrogen-bond acceptors (Lipinski definition) is 3. The zero-order valence-corrected chi connectivity index (χ0v) is 6.04. The summed E-state index contributed by atoms with van der Waals surface area (Å²) in [7, 11) is 1.53. The summed E-state index contributed by atoms with van der Waals surface area (Å²) >= 11 is 0. The van der Waals surface area contributed by atoms with Crippen molar-refractivity contribution in [2.75, 3.05) is 13.7 Å². The van der Waals surface area contributed by atoms with Crippen LogP contribution < -0.4 is 5.84 Å². The van der Waals surface area contributed by atoms with E-state index in [1.807, 2.05) is 0 Å². The molecule has 0 aromatic heterocycles. The summed E-state index contributed by atoms with van der Waals surface area (Å²) in [5, 5.41) is 1.08. The third-order valence-electron chi connectivity index (χ3n) is 1.55. The Morgan fingerprint density at radius 2 is 2.50 bits per heavy atom. The first-order valence-corrected chi connectivity index (χ1v) is 3.35. The number of nitrogens with zero attached hydrogens (tertiary/aromatic N) is 1. The Morgan fingerprint density at radius 1 is 1.80 bits per heavy atom. The van der Waals surface area contributed by atoms with Gasteiger partial charge in [0.1, 0.15) is 6.10 Å². The van der Waals surface area contributed by atoms with Gasteiger partial charge in [-0.25, -0.2) is 5.84 Å². The Hall–Kier alpha value is -0.610. The van der Waals surface area contributed by atoms with Crippen molar-refractivity contribution in [3.05, 3.63) is 0 Å². The fraction of sp³-hybridized carbons (Fsp3) is 0.833. The molecule has 0 aromatic rings. The van der Waals surface area contributed by atoms with Crippen LogP contribution in [0.3, 0.4) is 0 Å². The van der Waals surface area contributed by atoms with Gasteiger partial charge in [-0.2, -0.15) is 0 Å². The molecule has 2 N–H and O–H groups in total. The van der Waals surface area contributed by atoms with Crippen LogP contribution in [0.4, 0.5) is 0 Å². The molecular formula is C6H12N2O2. The van der Waals surface area contributed by atoms with E-state index in [1.54, 1.807) is 0 Å². The predicted octanol–water partition coefficient (Wildman–Crippen LogP) is -0.503. The summed E-state index contributed by atoms with van der Waals surface area (Å²) in [6.07, 6.45) is 1.49. The largest absolute Gasteiger partial charge is 0.368 e. The molecular weight excluding hydrogens is 132 g/mol. The smallest absolute Gasteiger partial charge is 0.265 e. The van der Waals surface area contributed by atoms with Gasteiger partial charge in [-0.05, 0) is 12.8 Å². The second-order valence-corrected chi connectivity index (χ2v) is 2.45. The van der Waals surface area contributed by atoms with Crippen molar-refractivity contribution in [1.29, 1.82) is 0 Å². The highest BCUT2D eigenvalue weighted by Gasteiger charge is 2.24. The number of ether oxygens (including phenoxy) is 1. The minimum atomic E-state index is -0.282. The van der Waals surface area contributed by atoms with Gasteiger partial charge in [-0.15, -0.1) is 0 Å². The fourth-order valence-corrected chi connectivity index (χ4v) is 1.000. The van der Waals surface area contributed by atoms with Crippen molar-refractivity contribution in [1.82, 2.24) is 5.01 Å². The van der Waals surface area contributed by atoms with Crippen LogP contribution in [0.5, 0.6) is 0 Å². The summed E-state index contributed by atoms with van der Waals surface area (Å²) in [5.74, 6) is 5.09. The molecule has 0 aromatic carbocycles. The number of rotatable bonds is 1. The Bertz CT molecular complexity index is 130. The van der Waals surface area contributed by atoms with Gasteiger partial charge in [0.05, 0.1) is 0 Å². The first-order valence-electron chi connectivity index (χ1n) is 3.35. The van der Waals surface area contributed by atoms with E-state index in [4.69, 9.17) is 10.6 Å². The van der Waals surface area contributed by atoms with Gasteiger partial charge in [0.25, 0.3) is 5.91 Å². The molecule has 1 saturated heterocycles. The molecule has 4 heteroatoms. The molecule has 0 radical (unpaired) electrons. The molecule has 1 atom stereocenters. The van der Waals surface area contributed by atoms with Gasteiger partial charge < -0.3 is 4.74 Å². The fourth-order valence-electron chi connectivity index (χ4n) is 1.000. The predicted molar refractivity (Wildman–Crippen MR) is 35.9 cm³/mol. The lowest BCUT2D eigenvalue weighted by Gasteiger charge is -2.14. The van der Waals surface area contributed by atoms with Gasteiger partial charge in [0.2, 0.25) is 0 Å². The van der Waals surface area contributed by atoms with Crippen molar-refractivity contribution >= 4 is 5.91 Å². The lowest BCUT2D eigenvalue weighted by atomic mass is 10.2. The summed E-state index contributed by atoms with van der Waals surface area (Å²) in [4.78, 5) is 11.0. The summed E-state index contributed by atoms with van der Waals surface area (Å²) in [6.45, 7) is 0.685. The molecule has 1 unspecified atom stereocenters. The number of nitrogens with two attached hydrogens (primary N) is 1. The van der Waals surface area contributed by atoms with Crippen LogP contribution in [0, 0.1) is 0 Å². The minimum Gasteiger partial charge on any atom is -0.368 e. The van der Waals surface area contributed by atoms with E-state index in [1.165, 1.54) is 7.05 Å². The van der Waals surface area contributed by atoms with Gasteiger partial charge >= 0.3 is 0 Å². The van der Waals surface area contributed by atoms with Gasteiger partial charge in [-0.3, -0.25) is 9.80 Å². The zero-order valence-electron chi connectivity index (χ0n) is 6.04. The molecule has 1 heterocycles. The summed E-state index contributed by atoms with van der Waals surface area (Å²) in [6, 6.07) is 0. The molecule has 1 amide bonds. The van der Waals surface area contributed by atoms with Crippen LogP contribution in [0.15, 0.2) is 0 Å². The van der Waals surface area contributed by atoms with Crippen molar-refractivity contribution in [3.63, 3.8) is 0 Å². The molecule has 1 aliphatic rings. The highest BCUT2D eigenvalue weighted by Crippen LogP contribution is 2.12. The van der Waals surface area contributed by atoms with Crippen LogP contribution in [-0.2, 0) is 9.53 Å². The second-order valence-electron chi connectivity index (χ2n) is 2.45. The molecule has 1 rings (SSSR count). The Balaban J connectivity index is 2.40. The van der Waals surface area contributed by atoms with Crippen LogP contribution in [0.25, 0.3) is 0 Å². The van der Waals surface area contributed by atoms with Crippen molar-refractivity contribution in [2.45, 2.75) is 18.9 Å². The first-order chi connectivity index (χ1) is 4.72. The number of likely N-dealkylation sites (N-methyl/N-ethyl adjacent to an activating group) is 1. The quantitative estimate of drug-likeness (QED) is 0.306. The molecule has 1 aliphatic heterocycles. The number of carbonyl (C=O) groups is 1. The van der Waals surface area contributed by atoms with Gasteiger partial charge in [-0.1, -0.05) is 0 Å². The van der Waals surface area contributed by atoms with E-state index in [9.17, 15) is 4.79 Å². The lowest BCUT2D eigenvalue weighted by molar-refractivity contribution is -0.139. The molecule has 58 valence electrons. The molecule has 0 spiro atoms. The monoisotopic (exact) mass is 144 g/mol. The van der Waals surface area contributed by atoms with E-state index in [0.29, 0.717) is 6.61 Å². The average Bonchev–Trinajstić information content (AvgIpc) is 2.36. The van der Waals surface area contributed by atoms with Crippen molar-refractivity contribution < 1.29 is 9.53 Å². The van der Waals surface area contributed by atoms with Gasteiger partial charge in [0.15, 0.2) is 0 Å². The first kappa shape index (κ1) is 7.50. The standard InChI is InChI=1S/C6H12N2O2/c1-8(7)6(9)5-3-2-4-10-5/h5H,2-4,7H2,1H3. The molecule has 10 heavy (non-hydrogen) atoms. The van der Waals surface area contributed by atoms with Crippen LogP contribution >= 0.6 is 0 Å². The topological polar surface area (TPSA) is 55.6 Å². The third-order valence-corrected chi connectivity index (χ3v) is 1.55. The molecule has 0 aliphatic carbocycles. The second kappa shape index (κ2) is 2.98. The maximum Gasteiger partial charge on any atom is 0.265 e. The SMILES string of the molecule is CN(N)C(=O)C1CCCO1. The number of hydrogen-bond donors (Lipinski definition) is 1. The van der Waals surface area contributed by atoms with Crippen LogP contribution in [-0.4, -0.2) is 30.7 Å². The molecule has 0 saturated carbocycles. The summed E-state index contributed by atoms with van der Waals surface area (Å²) in [5.41, 5.74) is 0. The van der Waals surface area contributed by atoms with E-state index in [-0.39, 0.29) is 12.0 Å². The van der Waals surface area contributed by atoms with Crippen molar-refractivity contribution in [3.8, 4) is 0 Å². The highest BCUT2D eigenvalue weighted by atomic mass is 16.5. The van der Waals surface area contributed by atoms with Crippen LogP contribution in [0.2, 0.25) is 0 Å². The van der Waals surface area contributed by atoms with E-state index >= 15 is 0 Å². The normalized spacial score (nSPS) is 24.8. The lowest BCUT2D eigenvalue weighted by Crippen LogP contribution is -2.40.